The van der Waals surface area contributed by atoms with Crippen molar-refractivity contribution in [2.75, 3.05) is 26.2 Å². The lowest BCUT2D eigenvalue weighted by atomic mass is 10.4. The third-order valence-electron chi connectivity index (χ3n) is 3.97. The van der Waals surface area contributed by atoms with Gasteiger partial charge in [0.2, 0.25) is 10.0 Å². The fourth-order valence-corrected chi connectivity index (χ4v) is 4.78. The maximum atomic E-state index is 12.7. The largest absolute Gasteiger partial charge is 0.467 e. The van der Waals surface area contributed by atoms with Crippen molar-refractivity contribution >= 4 is 39.0 Å². The quantitative estimate of drug-likeness (QED) is 0.796. The van der Waals surface area contributed by atoms with Gasteiger partial charge in [0, 0.05) is 26.2 Å². The Hall–Kier alpha value is -1.61. The van der Waals surface area contributed by atoms with Crippen LogP contribution in [0.2, 0.25) is 5.02 Å². The van der Waals surface area contributed by atoms with Crippen LogP contribution < -0.4 is 5.32 Å². The van der Waals surface area contributed by atoms with Crippen molar-refractivity contribution in [1.29, 1.82) is 0 Å². The number of rotatable bonds is 4. The van der Waals surface area contributed by atoms with Gasteiger partial charge in [-0.1, -0.05) is 23.7 Å². The molecule has 2 heterocycles. The fraction of sp³-hybridized carbons (Fsp3) is 0.312. The van der Waals surface area contributed by atoms with Gasteiger partial charge in [-0.15, -0.1) is 0 Å². The maximum absolute atomic E-state index is 12.7. The second kappa shape index (κ2) is 7.74. The molecule has 1 aromatic heterocycles. The van der Waals surface area contributed by atoms with Crippen LogP contribution in [0.4, 0.5) is 0 Å². The van der Waals surface area contributed by atoms with Gasteiger partial charge < -0.3 is 14.6 Å². The Morgan fingerprint density at radius 3 is 2.52 bits per heavy atom. The molecule has 0 unspecified atom stereocenters. The molecule has 1 N–H and O–H groups in total. The van der Waals surface area contributed by atoms with Crippen molar-refractivity contribution in [1.82, 2.24) is 14.5 Å². The predicted octanol–water partition coefficient (Wildman–Crippen LogP) is 2.31. The molecule has 1 fully saturated rings. The molecule has 134 valence electrons. The van der Waals surface area contributed by atoms with Crippen molar-refractivity contribution in [2.24, 2.45) is 0 Å². The minimum Gasteiger partial charge on any atom is -0.467 e. The van der Waals surface area contributed by atoms with Crippen LogP contribution in [-0.2, 0) is 16.6 Å². The van der Waals surface area contributed by atoms with Crippen LogP contribution in [0, 0.1) is 0 Å². The highest BCUT2D eigenvalue weighted by Gasteiger charge is 2.30. The monoisotopic (exact) mass is 399 g/mol. The fourth-order valence-electron chi connectivity index (χ4n) is 2.61. The summed E-state index contributed by atoms with van der Waals surface area (Å²) in [6.45, 7) is 2.26. The summed E-state index contributed by atoms with van der Waals surface area (Å²) in [5.41, 5.74) is 0. The van der Waals surface area contributed by atoms with E-state index in [1.54, 1.807) is 24.5 Å². The predicted molar refractivity (Wildman–Crippen MR) is 99.9 cm³/mol. The molecule has 0 bridgehead atoms. The summed E-state index contributed by atoms with van der Waals surface area (Å²) >= 11 is 11.4. The number of sulfonamides is 1. The van der Waals surface area contributed by atoms with E-state index in [4.69, 9.17) is 28.2 Å². The first-order valence-corrected chi connectivity index (χ1v) is 10.0. The Bertz CT molecular complexity index is 832. The Morgan fingerprint density at radius 1 is 1.16 bits per heavy atom. The first kappa shape index (κ1) is 18.2. The first-order chi connectivity index (χ1) is 12.0. The van der Waals surface area contributed by atoms with E-state index in [1.807, 2.05) is 17.0 Å². The molecule has 9 heteroatoms. The molecule has 0 spiro atoms. The van der Waals surface area contributed by atoms with E-state index in [-0.39, 0.29) is 9.92 Å². The zero-order chi connectivity index (χ0) is 17.9. The third-order valence-corrected chi connectivity index (χ3v) is 6.78. The minimum absolute atomic E-state index is 0.142. The Kier molecular flexibility index (Phi) is 5.63. The average Bonchev–Trinajstić information content (AvgIpc) is 3.13. The molecule has 1 aromatic carbocycles. The van der Waals surface area contributed by atoms with E-state index < -0.39 is 10.0 Å². The molecule has 2 aromatic rings. The van der Waals surface area contributed by atoms with Crippen LogP contribution in [0.15, 0.2) is 52.0 Å². The Labute approximate surface area is 157 Å². The SMILES string of the molecule is O=S(=O)(c1ccccc1Cl)N1CCN(C(=S)NCc2ccco2)CC1. The van der Waals surface area contributed by atoms with Crippen LogP contribution >= 0.6 is 23.8 Å². The number of nitrogens with one attached hydrogen (secondary N) is 1. The first-order valence-electron chi connectivity index (χ1n) is 7.78. The van der Waals surface area contributed by atoms with Gasteiger partial charge in [-0.25, -0.2) is 8.42 Å². The lowest BCUT2D eigenvalue weighted by molar-refractivity contribution is 0.263. The summed E-state index contributed by atoms with van der Waals surface area (Å²) in [5, 5.41) is 3.95. The molecule has 0 aliphatic carbocycles. The Balaban J connectivity index is 1.58. The summed E-state index contributed by atoms with van der Waals surface area (Å²) in [6, 6.07) is 10.2. The van der Waals surface area contributed by atoms with Crippen molar-refractivity contribution in [3.05, 3.63) is 53.4 Å². The third kappa shape index (κ3) is 4.14. The molecule has 25 heavy (non-hydrogen) atoms. The molecule has 6 nitrogen and oxygen atoms in total. The lowest BCUT2D eigenvalue weighted by Crippen LogP contribution is -2.52. The van der Waals surface area contributed by atoms with E-state index >= 15 is 0 Å². The highest BCUT2D eigenvalue weighted by molar-refractivity contribution is 7.89. The number of hydrogen-bond donors (Lipinski definition) is 1. The number of piperazine rings is 1. The number of furan rings is 1. The molecular formula is C16H18ClN3O3S2. The maximum Gasteiger partial charge on any atom is 0.244 e. The van der Waals surface area contributed by atoms with E-state index in [2.05, 4.69) is 5.32 Å². The number of benzene rings is 1. The Morgan fingerprint density at radius 2 is 1.88 bits per heavy atom. The molecule has 0 amide bonds. The zero-order valence-corrected chi connectivity index (χ0v) is 15.8. The summed E-state index contributed by atoms with van der Waals surface area (Å²) < 4.78 is 32.2. The van der Waals surface area contributed by atoms with E-state index in [0.29, 0.717) is 37.8 Å². The number of hydrogen-bond acceptors (Lipinski definition) is 4. The molecular weight excluding hydrogens is 382 g/mol. The molecule has 0 atom stereocenters. The van der Waals surface area contributed by atoms with Gasteiger partial charge in [0.25, 0.3) is 0 Å². The van der Waals surface area contributed by atoms with Gasteiger partial charge in [-0.05, 0) is 36.5 Å². The van der Waals surface area contributed by atoms with Gasteiger partial charge in [-0.2, -0.15) is 4.31 Å². The molecule has 1 aliphatic heterocycles. The standard InChI is InChI=1S/C16H18ClN3O3S2/c17-14-5-1-2-6-15(14)25(21,22)20-9-7-19(8-10-20)16(24)18-12-13-4-3-11-23-13/h1-6,11H,7-10,12H2,(H,18,24). The second-order valence-electron chi connectivity index (χ2n) is 5.56. The highest BCUT2D eigenvalue weighted by Crippen LogP contribution is 2.25. The van der Waals surface area contributed by atoms with Crippen LogP contribution in [0.25, 0.3) is 0 Å². The van der Waals surface area contributed by atoms with Gasteiger partial charge in [0.1, 0.15) is 10.7 Å². The summed E-state index contributed by atoms with van der Waals surface area (Å²) in [6.07, 6.45) is 1.61. The number of halogens is 1. The van der Waals surface area contributed by atoms with E-state index in [9.17, 15) is 8.42 Å². The van der Waals surface area contributed by atoms with Crippen LogP contribution in [0.1, 0.15) is 5.76 Å². The van der Waals surface area contributed by atoms with E-state index in [1.165, 1.54) is 10.4 Å². The van der Waals surface area contributed by atoms with Crippen molar-refractivity contribution in [3.63, 3.8) is 0 Å². The molecule has 1 aliphatic rings. The van der Waals surface area contributed by atoms with E-state index in [0.717, 1.165) is 5.76 Å². The van der Waals surface area contributed by atoms with Crippen LogP contribution in [-0.4, -0.2) is 48.9 Å². The smallest absolute Gasteiger partial charge is 0.244 e. The van der Waals surface area contributed by atoms with Crippen LogP contribution in [0.3, 0.4) is 0 Å². The van der Waals surface area contributed by atoms with Gasteiger partial charge in [0.15, 0.2) is 5.11 Å². The molecule has 3 rings (SSSR count). The topological polar surface area (TPSA) is 65.8 Å². The average molecular weight is 400 g/mol. The normalized spacial score (nSPS) is 16.0. The second-order valence-corrected chi connectivity index (χ2v) is 8.26. The van der Waals surface area contributed by atoms with Crippen LogP contribution in [0.5, 0.6) is 0 Å². The van der Waals surface area contributed by atoms with Crippen molar-refractivity contribution in [2.45, 2.75) is 11.4 Å². The van der Waals surface area contributed by atoms with Crippen molar-refractivity contribution in [3.8, 4) is 0 Å². The zero-order valence-electron chi connectivity index (χ0n) is 13.4. The molecule has 1 saturated heterocycles. The molecule has 0 radical (unpaired) electrons. The number of nitrogens with zero attached hydrogens (tertiary/aromatic N) is 2. The number of thiocarbonyl (C=S) groups is 1. The summed E-state index contributed by atoms with van der Waals surface area (Å²) in [4.78, 5) is 2.10. The van der Waals surface area contributed by atoms with Gasteiger partial charge >= 0.3 is 0 Å². The lowest BCUT2D eigenvalue weighted by Gasteiger charge is -2.35. The minimum atomic E-state index is -3.59. The summed E-state index contributed by atoms with van der Waals surface area (Å²) in [5.74, 6) is 0.794. The van der Waals surface area contributed by atoms with Crippen molar-refractivity contribution < 1.29 is 12.8 Å². The highest BCUT2D eigenvalue weighted by atomic mass is 35.5. The molecule has 0 saturated carbocycles. The summed E-state index contributed by atoms with van der Waals surface area (Å²) in [7, 11) is -3.59. The van der Waals surface area contributed by atoms with Gasteiger partial charge in [0.05, 0.1) is 17.8 Å². The van der Waals surface area contributed by atoms with Gasteiger partial charge in [-0.3, -0.25) is 0 Å².